The number of ether oxygens (including phenoxy) is 4. The fourth-order valence-corrected chi connectivity index (χ4v) is 1.58. The summed E-state index contributed by atoms with van der Waals surface area (Å²) in [5, 5.41) is 0. The van der Waals surface area contributed by atoms with Gasteiger partial charge in [-0.2, -0.15) is 0 Å². The van der Waals surface area contributed by atoms with E-state index in [0.29, 0.717) is 11.5 Å². The van der Waals surface area contributed by atoms with E-state index in [1.54, 1.807) is 7.11 Å². The highest BCUT2D eigenvalue weighted by molar-refractivity contribution is 5.55. The maximum atomic E-state index is 5.30. The van der Waals surface area contributed by atoms with Gasteiger partial charge in [0.25, 0.3) is 0 Å². The van der Waals surface area contributed by atoms with Crippen LogP contribution in [0.5, 0.6) is 17.2 Å². The summed E-state index contributed by atoms with van der Waals surface area (Å²) in [6.07, 6.45) is 0.207. The van der Waals surface area contributed by atoms with Crippen molar-refractivity contribution in [3.8, 4) is 17.2 Å². The molecule has 4 nitrogen and oxygen atoms in total. The normalized spacial score (nSPS) is 22.2. The van der Waals surface area contributed by atoms with E-state index in [1.807, 2.05) is 12.1 Å². The molecule has 0 amide bonds. The van der Waals surface area contributed by atoms with Crippen LogP contribution >= 0.6 is 0 Å². The molecule has 0 aromatic heterocycles. The third kappa shape index (κ3) is 1.11. The molecule has 1 aromatic carbocycles. The van der Waals surface area contributed by atoms with Crippen LogP contribution in [0.4, 0.5) is 0 Å². The van der Waals surface area contributed by atoms with Crippen molar-refractivity contribution >= 4 is 0 Å². The molecule has 1 aromatic rings. The van der Waals surface area contributed by atoms with Crippen LogP contribution in [0.25, 0.3) is 0 Å². The molecule has 0 aliphatic carbocycles. The highest BCUT2D eigenvalue weighted by Crippen LogP contribution is 2.45. The Morgan fingerprint density at radius 2 is 2.21 bits per heavy atom. The van der Waals surface area contributed by atoms with Crippen molar-refractivity contribution in [1.82, 2.24) is 0 Å². The van der Waals surface area contributed by atoms with Gasteiger partial charge in [0.15, 0.2) is 11.5 Å². The predicted octanol–water partition coefficient (Wildman–Crippen LogP) is 1.50. The summed E-state index contributed by atoms with van der Waals surface area (Å²) in [7, 11) is 1.62. The number of methoxy groups -OCH3 is 1. The molecule has 2 aliphatic rings. The van der Waals surface area contributed by atoms with E-state index >= 15 is 0 Å². The van der Waals surface area contributed by atoms with Crippen LogP contribution in [0.3, 0.4) is 0 Å². The molecule has 4 heteroatoms. The van der Waals surface area contributed by atoms with E-state index < -0.39 is 0 Å². The number of hydrogen-bond acceptors (Lipinski definition) is 4. The van der Waals surface area contributed by atoms with Crippen LogP contribution in [-0.2, 0) is 4.74 Å². The lowest BCUT2D eigenvalue weighted by molar-refractivity contribution is 0.171. The van der Waals surface area contributed by atoms with Crippen LogP contribution in [0.2, 0.25) is 0 Å². The number of hydrogen-bond donors (Lipinski definition) is 0. The Kier molecular flexibility index (Phi) is 1.58. The van der Waals surface area contributed by atoms with Gasteiger partial charge in [-0.1, -0.05) is 0 Å². The Balaban J connectivity index is 2.08. The van der Waals surface area contributed by atoms with Crippen LogP contribution in [-0.4, -0.2) is 20.5 Å². The second-order valence-corrected chi connectivity index (χ2v) is 3.28. The molecule has 3 rings (SSSR count). The zero-order valence-electron chi connectivity index (χ0n) is 7.78. The fourth-order valence-electron chi connectivity index (χ4n) is 1.58. The molecule has 0 bridgehead atoms. The third-order valence-electron chi connectivity index (χ3n) is 2.39. The molecule has 1 atom stereocenters. The Morgan fingerprint density at radius 3 is 2.93 bits per heavy atom. The average Bonchev–Trinajstić information content (AvgIpc) is 2.95. The topological polar surface area (TPSA) is 40.2 Å². The lowest BCUT2D eigenvalue weighted by atomic mass is 10.1. The molecule has 0 saturated carbocycles. The van der Waals surface area contributed by atoms with Crippen LogP contribution < -0.4 is 14.2 Å². The van der Waals surface area contributed by atoms with Crippen LogP contribution in [0.15, 0.2) is 12.1 Å². The summed E-state index contributed by atoms with van der Waals surface area (Å²) in [6, 6.07) is 3.88. The zero-order valence-corrected chi connectivity index (χ0v) is 7.78. The molecule has 0 N–H and O–H groups in total. The van der Waals surface area contributed by atoms with E-state index in [1.165, 1.54) is 0 Å². The molecule has 0 radical (unpaired) electrons. The quantitative estimate of drug-likeness (QED) is 0.669. The molecule has 2 aliphatic heterocycles. The summed E-state index contributed by atoms with van der Waals surface area (Å²) in [5.41, 5.74) is 1.09. The van der Waals surface area contributed by atoms with Crippen LogP contribution in [0.1, 0.15) is 11.7 Å². The van der Waals surface area contributed by atoms with Gasteiger partial charge in [-0.3, -0.25) is 0 Å². The molecular formula is C10H10O4. The summed E-state index contributed by atoms with van der Waals surface area (Å²) in [4.78, 5) is 0. The second-order valence-electron chi connectivity index (χ2n) is 3.28. The van der Waals surface area contributed by atoms with E-state index in [0.717, 1.165) is 17.9 Å². The van der Waals surface area contributed by atoms with E-state index in [9.17, 15) is 0 Å². The van der Waals surface area contributed by atoms with Crippen molar-refractivity contribution in [2.24, 2.45) is 0 Å². The standard InChI is InChI=1S/C10H10O4/c1-11-7-2-6(9-4-12-9)3-8-10(7)14-5-13-8/h2-3,9H,4-5H2,1H3. The van der Waals surface area contributed by atoms with Crippen molar-refractivity contribution in [1.29, 1.82) is 0 Å². The van der Waals surface area contributed by atoms with Gasteiger partial charge >= 0.3 is 0 Å². The maximum absolute atomic E-state index is 5.30. The number of epoxide rings is 1. The minimum Gasteiger partial charge on any atom is -0.493 e. The minimum absolute atomic E-state index is 0.207. The van der Waals surface area contributed by atoms with Gasteiger partial charge in [0.2, 0.25) is 12.5 Å². The lowest BCUT2D eigenvalue weighted by Gasteiger charge is -2.06. The lowest BCUT2D eigenvalue weighted by Crippen LogP contribution is -1.93. The monoisotopic (exact) mass is 194 g/mol. The third-order valence-corrected chi connectivity index (χ3v) is 2.39. The molecule has 0 spiro atoms. The predicted molar refractivity (Wildman–Crippen MR) is 47.8 cm³/mol. The number of rotatable bonds is 2. The zero-order chi connectivity index (χ0) is 9.54. The van der Waals surface area contributed by atoms with Crippen molar-refractivity contribution in [2.75, 3.05) is 20.5 Å². The summed E-state index contributed by atoms with van der Waals surface area (Å²) in [6.45, 7) is 1.05. The smallest absolute Gasteiger partial charge is 0.231 e. The molecule has 14 heavy (non-hydrogen) atoms. The van der Waals surface area contributed by atoms with E-state index in [2.05, 4.69) is 0 Å². The first-order valence-corrected chi connectivity index (χ1v) is 4.47. The van der Waals surface area contributed by atoms with Crippen molar-refractivity contribution < 1.29 is 18.9 Å². The molecule has 1 fully saturated rings. The Bertz CT molecular complexity index is 371. The molecule has 1 unspecified atom stereocenters. The van der Waals surface area contributed by atoms with Crippen molar-refractivity contribution in [3.05, 3.63) is 17.7 Å². The number of benzene rings is 1. The largest absolute Gasteiger partial charge is 0.493 e. The summed E-state index contributed by atoms with van der Waals surface area (Å²) in [5.74, 6) is 2.15. The van der Waals surface area contributed by atoms with Crippen molar-refractivity contribution in [2.45, 2.75) is 6.10 Å². The molecule has 1 saturated heterocycles. The van der Waals surface area contributed by atoms with Gasteiger partial charge < -0.3 is 18.9 Å². The van der Waals surface area contributed by atoms with Gasteiger partial charge in [-0.25, -0.2) is 0 Å². The van der Waals surface area contributed by atoms with Gasteiger partial charge in [0.1, 0.15) is 6.10 Å². The van der Waals surface area contributed by atoms with Gasteiger partial charge in [0, 0.05) is 0 Å². The summed E-state index contributed by atoms with van der Waals surface area (Å²) >= 11 is 0. The first-order valence-electron chi connectivity index (χ1n) is 4.47. The van der Waals surface area contributed by atoms with Gasteiger partial charge in [0.05, 0.1) is 13.7 Å². The van der Waals surface area contributed by atoms with E-state index in [4.69, 9.17) is 18.9 Å². The average molecular weight is 194 g/mol. The van der Waals surface area contributed by atoms with Gasteiger partial charge in [-0.15, -0.1) is 0 Å². The first-order chi connectivity index (χ1) is 6.88. The van der Waals surface area contributed by atoms with Crippen molar-refractivity contribution in [3.63, 3.8) is 0 Å². The Hall–Kier alpha value is -1.42. The Labute approximate surface area is 81.3 Å². The van der Waals surface area contributed by atoms with E-state index in [-0.39, 0.29) is 12.9 Å². The molecular weight excluding hydrogens is 184 g/mol. The first kappa shape index (κ1) is 7.94. The minimum atomic E-state index is 0.207. The highest BCUT2D eigenvalue weighted by Gasteiger charge is 2.29. The highest BCUT2D eigenvalue weighted by atomic mass is 16.7. The molecule has 74 valence electrons. The summed E-state index contributed by atoms with van der Waals surface area (Å²) < 4.78 is 21.0. The van der Waals surface area contributed by atoms with Gasteiger partial charge in [-0.05, 0) is 17.7 Å². The SMILES string of the molecule is COc1cc(C2CO2)cc2c1OCO2. The fraction of sp³-hybridized carbons (Fsp3) is 0.400. The molecule has 2 heterocycles. The second kappa shape index (κ2) is 2.78. The number of fused-ring (bicyclic) bond motifs is 1. The maximum Gasteiger partial charge on any atom is 0.231 e. The Morgan fingerprint density at radius 1 is 1.36 bits per heavy atom. The van der Waals surface area contributed by atoms with Crippen LogP contribution in [0, 0.1) is 0 Å².